The molecule has 0 fully saturated rings. The zero-order valence-corrected chi connectivity index (χ0v) is 10.8. The lowest BCUT2D eigenvalue weighted by Crippen LogP contribution is -2.51. The number of pyridine rings is 1. The van der Waals surface area contributed by atoms with Crippen molar-refractivity contribution in [2.24, 2.45) is 5.73 Å². The molecule has 1 heterocycles. The Bertz CT molecular complexity index is 304. The van der Waals surface area contributed by atoms with Crippen LogP contribution in [-0.2, 0) is 0 Å². The first-order valence-electron chi connectivity index (χ1n) is 5.91. The van der Waals surface area contributed by atoms with E-state index in [1.165, 1.54) is 0 Å². The summed E-state index contributed by atoms with van der Waals surface area (Å²) in [5.41, 5.74) is 7.54. The van der Waals surface area contributed by atoms with Crippen LogP contribution in [0.5, 0.6) is 0 Å². The molecule has 0 saturated carbocycles. The molecule has 90 valence electrons. The maximum atomic E-state index is 6.41. The maximum absolute atomic E-state index is 6.41. The first kappa shape index (κ1) is 13.1. The summed E-state index contributed by atoms with van der Waals surface area (Å²) in [6.45, 7) is 4.39. The smallest absolute Gasteiger partial charge is 0.0497 e. The van der Waals surface area contributed by atoms with Gasteiger partial charge in [0.1, 0.15) is 0 Å². The summed E-state index contributed by atoms with van der Waals surface area (Å²) in [5, 5.41) is 0. The van der Waals surface area contributed by atoms with Crippen LogP contribution in [0.25, 0.3) is 0 Å². The molecule has 0 radical (unpaired) electrons. The van der Waals surface area contributed by atoms with Gasteiger partial charge in [-0.1, -0.05) is 19.9 Å². The van der Waals surface area contributed by atoms with Crippen LogP contribution in [0.15, 0.2) is 24.5 Å². The van der Waals surface area contributed by atoms with Gasteiger partial charge in [-0.05, 0) is 38.6 Å². The summed E-state index contributed by atoms with van der Waals surface area (Å²) in [6, 6.07) is 4.01. The van der Waals surface area contributed by atoms with Gasteiger partial charge < -0.3 is 10.6 Å². The van der Waals surface area contributed by atoms with Crippen LogP contribution in [0.4, 0.5) is 0 Å². The van der Waals surface area contributed by atoms with Crippen molar-refractivity contribution in [3.8, 4) is 0 Å². The van der Waals surface area contributed by atoms with E-state index in [2.05, 4.69) is 43.9 Å². The van der Waals surface area contributed by atoms with Crippen molar-refractivity contribution >= 4 is 0 Å². The monoisotopic (exact) mass is 221 g/mol. The normalized spacial score (nSPS) is 14.1. The van der Waals surface area contributed by atoms with Crippen LogP contribution < -0.4 is 5.73 Å². The van der Waals surface area contributed by atoms with Crippen molar-refractivity contribution in [3.05, 3.63) is 30.1 Å². The third-order valence-electron chi connectivity index (χ3n) is 3.74. The molecule has 0 amide bonds. The summed E-state index contributed by atoms with van der Waals surface area (Å²) in [5.74, 6) is 0. The zero-order valence-electron chi connectivity index (χ0n) is 10.8. The molecule has 1 atom stereocenters. The molecule has 1 unspecified atom stereocenters. The predicted octanol–water partition coefficient (Wildman–Crippen LogP) is 2.20. The SMILES string of the molecule is CCC(CC)(C(N)c1cccnc1)N(C)C. The highest BCUT2D eigenvalue weighted by Crippen LogP contribution is 2.33. The number of aromatic nitrogens is 1. The van der Waals surface area contributed by atoms with E-state index in [1.54, 1.807) is 6.20 Å². The Balaban J connectivity index is 3.05. The van der Waals surface area contributed by atoms with E-state index in [0.717, 1.165) is 18.4 Å². The summed E-state index contributed by atoms with van der Waals surface area (Å²) in [4.78, 5) is 6.39. The van der Waals surface area contributed by atoms with Gasteiger partial charge in [0.15, 0.2) is 0 Å². The van der Waals surface area contributed by atoms with Gasteiger partial charge in [0.2, 0.25) is 0 Å². The molecule has 1 aromatic rings. The second kappa shape index (κ2) is 5.41. The summed E-state index contributed by atoms with van der Waals surface area (Å²) >= 11 is 0. The fourth-order valence-corrected chi connectivity index (χ4v) is 2.47. The third kappa shape index (κ3) is 2.25. The molecule has 1 aromatic heterocycles. The molecule has 0 aromatic carbocycles. The molecule has 0 aliphatic heterocycles. The highest BCUT2D eigenvalue weighted by molar-refractivity contribution is 5.19. The second-order valence-electron chi connectivity index (χ2n) is 4.47. The molecule has 16 heavy (non-hydrogen) atoms. The molecule has 0 saturated heterocycles. The lowest BCUT2D eigenvalue weighted by Gasteiger charge is -2.43. The van der Waals surface area contributed by atoms with E-state index in [9.17, 15) is 0 Å². The minimum Gasteiger partial charge on any atom is -0.322 e. The van der Waals surface area contributed by atoms with Crippen molar-refractivity contribution in [1.82, 2.24) is 9.88 Å². The lowest BCUT2D eigenvalue weighted by atomic mass is 9.80. The molecule has 0 spiro atoms. The first-order valence-corrected chi connectivity index (χ1v) is 5.91. The standard InChI is InChI=1S/C13H23N3/c1-5-13(6-2,16(3)4)12(14)11-8-7-9-15-10-11/h7-10,12H,5-6,14H2,1-4H3. The van der Waals surface area contributed by atoms with Gasteiger partial charge in [0, 0.05) is 24.0 Å². The molecular weight excluding hydrogens is 198 g/mol. The Morgan fingerprint density at radius 3 is 2.38 bits per heavy atom. The van der Waals surface area contributed by atoms with Gasteiger partial charge in [-0.3, -0.25) is 4.98 Å². The van der Waals surface area contributed by atoms with Crippen LogP contribution in [0, 0.1) is 0 Å². The Kier molecular flexibility index (Phi) is 4.44. The van der Waals surface area contributed by atoms with Gasteiger partial charge >= 0.3 is 0 Å². The number of hydrogen-bond acceptors (Lipinski definition) is 3. The Morgan fingerprint density at radius 2 is 2.00 bits per heavy atom. The second-order valence-corrected chi connectivity index (χ2v) is 4.47. The molecule has 3 heteroatoms. The number of nitrogens with zero attached hydrogens (tertiary/aromatic N) is 2. The minimum atomic E-state index is 0.00574. The molecular formula is C13H23N3. The summed E-state index contributed by atoms with van der Waals surface area (Å²) in [7, 11) is 4.20. The van der Waals surface area contributed by atoms with E-state index >= 15 is 0 Å². The molecule has 0 aliphatic carbocycles. The Hall–Kier alpha value is -0.930. The molecule has 3 nitrogen and oxygen atoms in total. The number of rotatable bonds is 5. The number of nitrogens with two attached hydrogens (primary N) is 1. The Labute approximate surface area is 98.7 Å². The van der Waals surface area contributed by atoms with E-state index in [1.807, 2.05) is 12.3 Å². The van der Waals surface area contributed by atoms with Crippen LogP contribution in [0.1, 0.15) is 38.3 Å². The predicted molar refractivity (Wildman–Crippen MR) is 68.2 cm³/mol. The molecule has 2 N–H and O–H groups in total. The average molecular weight is 221 g/mol. The van der Waals surface area contributed by atoms with Gasteiger partial charge in [0.25, 0.3) is 0 Å². The highest BCUT2D eigenvalue weighted by atomic mass is 15.2. The van der Waals surface area contributed by atoms with Gasteiger partial charge in [-0.25, -0.2) is 0 Å². The van der Waals surface area contributed by atoms with E-state index in [4.69, 9.17) is 5.73 Å². The van der Waals surface area contributed by atoms with Crippen molar-refractivity contribution in [3.63, 3.8) is 0 Å². The fraction of sp³-hybridized carbons (Fsp3) is 0.615. The van der Waals surface area contributed by atoms with Crippen molar-refractivity contribution in [2.75, 3.05) is 14.1 Å². The summed E-state index contributed by atoms with van der Waals surface area (Å²) in [6.07, 6.45) is 5.72. The largest absolute Gasteiger partial charge is 0.322 e. The topological polar surface area (TPSA) is 42.1 Å². The van der Waals surface area contributed by atoms with E-state index in [-0.39, 0.29) is 11.6 Å². The lowest BCUT2D eigenvalue weighted by molar-refractivity contribution is 0.106. The van der Waals surface area contributed by atoms with Crippen LogP contribution in [0.3, 0.4) is 0 Å². The molecule has 0 aliphatic rings. The maximum Gasteiger partial charge on any atom is 0.0497 e. The van der Waals surface area contributed by atoms with Crippen molar-refractivity contribution < 1.29 is 0 Å². The first-order chi connectivity index (χ1) is 7.58. The number of likely N-dealkylation sites (N-methyl/N-ethyl adjacent to an activating group) is 1. The number of hydrogen-bond donors (Lipinski definition) is 1. The Morgan fingerprint density at radius 1 is 1.38 bits per heavy atom. The highest BCUT2D eigenvalue weighted by Gasteiger charge is 2.36. The molecule has 0 bridgehead atoms. The summed E-state index contributed by atoms with van der Waals surface area (Å²) < 4.78 is 0. The average Bonchev–Trinajstić information content (AvgIpc) is 2.32. The zero-order chi connectivity index (χ0) is 12.2. The van der Waals surface area contributed by atoms with Crippen molar-refractivity contribution in [2.45, 2.75) is 38.3 Å². The molecule has 1 rings (SSSR count). The van der Waals surface area contributed by atoms with E-state index in [0.29, 0.717) is 0 Å². The van der Waals surface area contributed by atoms with Gasteiger partial charge in [-0.2, -0.15) is 0 Å². The van der Waals surface area contributed by atoms with Crippen LogP contribution >= 0.6 is 0 Å². The van der Waals surface area contributed by atoms with Crippen molar-refractivity contribution in [1.29, 1.82) is 0 Å². The third-order valence-corrected chi connectivity index (χ3v) is 3.74. The van der Waals surface area contributed by atoms with Crippen LogP contribution in [0.2, 0.25) is 0 Å². The van der Waals surface area contributed by atoms with Gasteiger partial charge in [0.05, 0.1) is 0 Å². The quantitative estimate of drug-likeness (QED) is 0.829. The fourth-order valence-electron chi connectivity index (χ4n) is 2.47. The van der Waals surface area contributed by atoms with Gasteiger partial charge in [-0.15, -0.1) is 0 Å². The van der Waals surface area contributed by atoms with Crippen LogP contribution in [-0.4, -0.2) is 29.5 Å². The minimum absolute atomic E-state index is 0.00574. The van der Waals surface area contributed by atoms with E-state index < -0.39 is 0 Å².